The number of sulfonamides is 1. The van der Waals surface area contributed by atoms with E-state index in [2.05, 4.69) is 10.3 Å². The molecule has 5 rings (SSSR count). The third-order valence-electron chi connectivity index (χ3n) is 6.56. The zero-order chi connectivity index (χ0) is 24.7. The molecule has 3 N–H and O–H groups in total. The third kappa shape index (κ3) is 4.37. The van der Waals surface area contributed by atoms with Crippen LogP contribution in [0, 0.1) is 0 Å². The first-order chi connectivity index (χ1) is 16.8. The van der Waals surface area contributed by atoms with Crippen LogP contribution < -0.4 is 15.8 Å². The number of carbonyl (C=O) groups is 1. The number of hydrogen-bond donors (Lipinski definition) is 2. The molecule has 2 heterocycles. The molecule has 1 aliphatic carbocycles. The van der Waals surface area contributed by atoms with Crippen molar-refractivity contribution < 1.29 is 17.9 Å². The summed E-state index contributed by atoms with van der Waals surface area (Å²) in [6.07, 6.45) is 4.19. The largest absolute Gasteiger partial charge is 0.493 e. The van der Waals surface area contributed by atoms with Crippen LogP contribution >= 0.6 is 0 Å². The Morgan fingerprint density at radius 3 is 2.60 bits per heavy atom. The normalized spacial score (nSPS) is 15.6. The first kappa shape index (κ1) is 23.3. The SMILES string of the molecule is CCOc1cc(S(=O)(=O)N(C)C2CC2)ccc1-c1cnc(N)c(-c2ccc3c(c2)CCNC3=O)c1. The van der Waals surface area contributed by atoms with Crippen LogP contribution in [0.3, 0.4) is 0 Å². The van der Waals surface area contributed by atoms with E-state index in [0.29, 0.717) is 30.3 Å². The Labute approximate surface area is 205 Å². The summed E-state index contributed by atoms with van der Waals surface area (Å²) in [6, 6.07) is 12.6. The van der Waals surface area contributed by atoms with Crippen LogP contribution in [-0.4, -0.2) is 49.9 Å². The number of nitrogens with two attached hydrogens (primary N) is 1. The summed E-state index contributed by atoms with van der Waals surface area (Å²) in [4.78, 5) is 16.7. The fraction of sp³-hybridized carbons (Fsp3) is 0.308. The molecular formula is C26H28N4O4S. The number of hydrogen-bond acceptors (Lipinski definition) is 6. The zero-order valence-corrected chi connectivity index (χ0v) is 20.6. The lowest BCUT2D eigenvalue weighted by Crippen LogP contribution is -2.31. The molecule has 2 aromatic carbocycles. The molecule has 0 atom stereocenters. The van der Waals surface area contributed by atoms with E-state index in [-0.39, 0.29) is 16.8 Å². The Hall–Kier alpha value is -3.43. The van der Waals surface area contributed by atoms with Gasteiger partial charge in [-0.25, -0.2) is 13.4 Å². The van der Waals surface area contributed by atoms with Gasteiger partial charge in [0.2, 0.25) is 10.0 Å². The number of anilines is 1. The molecule has 3 aromatic rings. The average molecular weight is 493 g/mol. The first-order valence-electron chi connectivity index (χ1n) is 11.7. The lowest BCUT2D eigenvalue weighted by molar-refractivity contribution is 0.0946. The molecule has 1 fully saturated rings. The highest BCUT2D eigenvalue weighted by atomic mass is 32.2. The van der Waals surface area contributed by atoms with Crippen molar-refractivity contribution in [1.29, 1.82) is 0 Å². The molecule has 182 valence electrons. The second-order valence-corrected chi connectivity index (χ2v) is 10.9. The van der Waals surface area contributed by atoms with Crippen LogP contribution in [0.1, 0.15) is 35.7 Å². The van der Waals surface area contributed by atoms with E-state index in [1.807, 2.05) is 31.2 Å². The topological polar surface area (TPSA) is 115 Å². The maximum Gasteiger partial charge on any atom is 0.251 e. The van der Waals surface area contributed by atoms with Crippen molar-refractivity contribution in [2.75, 3.05) is 25.9 Å². The summed E-state index contributed by atoms with van der Waals surface area (Å²) in [5.74, 6) is 0.774. The molecule has 0 saturated heterocycles. The Kier molecular flexibility index (Phi) is 5.98. The number of benzene rings is 2. The minimum Gasteiger partial charge on any atom is -0.493 e. The van der Waals surface area contributed by atoms with Gasteiger partial charge in [-0.15, -0.1) is 0 Å². The lowest BCUT2D eigenvalue weighted by atomic mass is 9.94. The molecule has 1 aliphatic heterocycles. The van der Waals surface area contributed by atoms with E-state index in [4.69, 9.17) is 10.5 Å². The van der Waals surface area contributed by atoms with Crippen molar-refractivity contribution >= 4 is 21.7 Å². The number of amides is 1. The van der Waals surface area contributed by atoms with E-state index in [1.165, 1.54) is 4.31 Å². The molecule has 0 spiro atoms. The number of rotatable bonds is 7. The molecule has 2 aliphatic rings. The summed E-state index contributed by atoms with van der Waals surface area (Å²) < 4.78 is 33.4. The molecule has 1 saturated carbocycles. The second kappa shape index (κ2) is 8.98. The molecular weight excluding hydrogens is 464 g/mol. The van der Waals surface area contributed by atoms with Gasteiger partial charge >= 0.3 is 0 Å². The van der Waals surface area contributed by atoms with Crippen LogP contribution in [0.4, 0.5) is 5.82 Å². The van der Waals surface area contributed by atoms with Gasteiger partial charge in [0, 0.05) is 54.2 Å². The highest BCUT2D eigenvalue weighted by Crippen LogP contribution is 2.38. The van der Waals surface area contributed by atoms with Gasteiger partial charge in [-0.1, -0.05) is 12.1 Å². The van der Waals surface area contributed by atoms with Crippen molar-refractivity contribution in [2.45, 2.75) is 37.1 Å². The van der Waals surface area contributed by atoms with Crippen molar-refractivity contribution in [1.82, 2.24) is 14.6 Å². The number of ether oxygens (including phenoxy) is 1. The second-order valence-electron chi connectivity index (χ2n) is 8.88. The monoisotopic (exact) mass is 492 g/mol. The van der Waals surface area contributed by atoms with Crippen LogP contribution in [0.15, 0.2) is 53.6 Å². The van der Waals surface area contributed by atoms with Gasteiger partial charge in [-0.2, -0.15) is 4.31 Å². The average Bonchev–Trinajstić information content (AvgIpc) is 3.70. The predicted molar refractivity (Wildman–Crippen MR) is 135 cm³/mol. The fourth-order valence-corrected chi connectivity index (χ4v) is 5.86. The van der Waals surface area contributed by atoms with E-state index < -0.39 is 10.0 Å². The van der Waals surface area contributed by atoms with Gasteiger partial charge in [0.05, 0.1) is 11.5 Å². The first-order valence-corrected chi connectivity index (χ1v) is 13.2. The fourth-order valence-electron chi connectivity index (χ4n) is 4.43. The summed E-state index contributed by atoms with van der Waals surface area (Å²) in [5, 5.41) is 2.85. The molecule has 1 amide bonds. The van der Waals surface area contributed by atoms with E-state index in [0.717, 1.165) is 47.1 Å². The third-order valence-corrected chi connectivity index (χ3v) is 8.47. The smallest absolute Gasteiger partial charge is 0.251 e. The maximum absolute atomic E-state index is 13.1. The summed E-state index contributed by atoms with van der Waals surface area (Å²) >= 11 is 0. The van der Waals surface area contributed by atoms with E-state index in [9.17, 15) is 13.2 Å². The predicted octanol–water partition coefficient (Wildman–Crippen LogP) is 3.47. The number of nitrogens with one attached hydrogen (secondary N) is 1. The van der Waals surface area contributed by atoms with Gasteiger partial charge in [-0.3, -0.25) is 4.79 Å². The van der Waals surface area contributed by atoms with Crippen LogP contribution in [0.2, 0.25) is 0 Å². The standard InChI is InChI=1S/C26H28N4O4S/c1-3-34-24-14-20(35(32,33)30(2)19-5-6-19)7-9-21(24)18-13-23(25(27)29-15-18)16-4-8-22-17(12-16)10-11-28-26(22)31/h4,7-9,12-15,19H,3,5-6,10-11H2,1-2H3,(H2,27,29)(H,28,31). The van der Waals surface area contributed by atoms with Crippen molar-refractivity contribution in [2.24, 2.45) is 0 Å². The summed E-state index contributed by atoms with van der Waals surface area (Å²) in [7, 11) is -1.98. The Bertz CT molecular complexity index is 1420. The number of nitrogen functional groups attached to an aromatic ring is 1. The Morgan fingerprint density at radius 2 is 1.86 bits per heavy atom. The van der Waals surface area contributed by atoms with Gasteiger partial charge in [0.1, 0.15) is 11.6 Å². The van der Waals surface area contributed by atoms with Crippen molar-refractivity contribution in [3.8, 4) is 28.0 Å². The van der Waals surface area contributed by atoms with Gasteiger partial charge in [-0.05, 0) is 61.6 Å². The van der Waals surface area contributed by atoms with Gasteiger partial charge < -0.3 is 15.8 Å². The minimum absolute atomic E-state index is 0.0682. The summed E-state index contributed by atoms with van der Waals surface area (Å²) in [5.41, 5.74) is 11.0. The number of fused-ring (bicyclic) bond motifs is 1. The minimum atomic E-state index is -3.60. The number of nitrogens with zero attached hydrogens (tertiary/aromatic N) is 2. The van der Waals surface area contributed by atoms with Crippen LogP contribution in [-0.2, 0) is 16.4 Å². The molecule has 0 unspecified atom stereocenters. The number of carbonyl (C=O) groups excluding carboxylic acids is 1. The molecule has 0 radical (unpaired) electrons. The van der Waals surface area contributed by atoms with Crippen LogP contribution in [0.25, 0.3) is 22.3 Å². The highest BCUT2D eigenvalue weighted by Gasteiger charge is 2.35. The highest BCUT2D eigenvalue weighted by molar-refractivity contribution is 7.89. The number of aromatic nitrogens is 1. The van der Waals surface area contributed by atoms with Crippen molar-refractivity contribution in [3.05, 3.63) is 59.8 Å². The molecule has 8 nitrogen and oxygen atoms in total. The maximum atomic E-state index is 13.1. The Morgan fingerprint density at radius 1 is 1.09 bits per heavy atom. The molecule has 1 aromatic heterocycles. The van der Waals surface area contributed by atoms with Gasteiger partial charge in [0.15, 0.2) is 0 Å². The quantitative estimate of drug-likeness (QED) is 0.522. The zero-order valence-electron chi connectivity index (χ0n) is 19.7. The molecule has 35 heavy (non-hydrogen) atoms. The molecule has 9 heteroatoms. The summed E-state index contributed by atoms with van der Waals surface area (Å²) in [6.45, 7) is 2.85. The van der Waals surface area contributed by atoms with Gasteiger partial charge in [0.25, 0.3) is 5.91 Å². The van der Waals surface area contributed by atoms with Crippen LogP contribution in [0.5, 0.6) is 5.75 Å². The molecule has 0 bridgehead atoms. The Balaban J connectivity index is 1.55. The van der Waals surface area contributed by atoms with E-state index >= 15 is 0 Å². The van der Waals surface area contributed by atoms with Crippen molar-refractivity contribution in [3.63, 3.8) is 0 Å². The van der Waals surface area contributed by atoms with E-state index in [1.54, 1.807) is 31.4 Å². The lowest BCUT2D eigenvalue weighted by Gasteiger charge is -2.19. The number of pyridine rings is 1.